The van der Waals surface area contributed by atoms with E-state index >= 15 is 0 Å². The van der Waals surface area contributed by atoms with Gasteiger partial charge in [0.05, 0.1) is 13.2 Å². The second kappa shape index (κ2) is 5.95. The fourth-order valence-corrected chi connectivity index (χ4v) is 2.66. The number of aromatic nitrogens is 2. The minimum absolute atomic E-state index is 0.121. The summed E-state index contributed by atoms with van der Waals surface area (Å²) in [6.07, 6.45) is 3.32. The maximum Gasteiger partial charge on any atom is 0.338 e. The molecule has 0 aliphatic carbocycles. The van der Waals surface area contributed by atoms with Crippen molar-refractivity contribution in [2.24, 2.45) is 0 Å². The molecule has 0 atom stereocenters. The van der Waals surface area contributed by atoms with Crippen LogP contribution in [0.1, 0.15) is 19.7 Å². The topological polar surface area (TPSA) is 61.3 Å². The average Bonchev–Trinajstić information content (AvgIpc) is 2.19. The monoisotopic (exact) mass is 230 g/mol. The first-order valence-corrected chi connectivity index (χ1v) is 6.57. The summed E-state index contributed by atoms with van der Waals surface area (Å²) in [5.74, 6) is 0.475. The van der Waals surface area contributed by atoms with Crippen molar-refractivity contribution >= 4 is 7.60 Å². The number of rotatable bonds is 6. The Morgan fingerprint density at radius 3 is 2.20 bits per heavy atom. The Hall–Kier alpha value is -0.770. The number of nitrogens with zero attached hydrogens (tertiary/aromatic N) is 2. The van der Waals surface area contributed by atoms with Gasteiger partial charge in [-0.15, -0.1) is 0 Å². The minimum Gasteiger partial charge on any atom is -0.309 e. The van der Waals surface area contributed by atoms with Crippen molar-refractivity contribution in [3.05, 3.63) is 24.3 Å². The molecule has 0 amide bonds. The van der Waals surface area contributed by atoms with Gasteiger partial charge in [-0.25, -0.2) is 9.97 Å². The van der Waals surface area contributed by atoms with Crippen molar-refractivity contribution in [3.63, 3.8) is 0 Å². The predicted octanol–water partition coefficient (Wildman–Crippen LogP) is 2.24. The van der Waals surface area contributed by atoms with E-state index in [0.717, 1.165) is 0 Å². The Labute approximate surface area is 89.4 Å². The van der Waals surface area contributed by atoms with E-state index in [1.807, 2.05) is 0 Å². The third-order valence-electron chi connectivity index (χ3n) is 1.61. The van der Waals surface area contributed by atoms with Crippen LogP contribution in [0, 0.1) is 0 Å². The molecule has 0 bridgehead atoms. The predicted molar refractivity (Wildman–Crippen MR) is 56.6 cm³/mol. The van der Waals surface area contributed by atoms with Crippen molar-refractivity contribution in [3.8, 4) is 0 Å². The van der Waals surface area contributed by atoms with Gasteiger partial charge in [-0.05, 0) is 19.9 Å². The van der Waals surface area contributed by atoms with Gasteiger partial charge in [-0.1, -0.05) is 0 Å². The second-order valence-electron chi connectivity index (χ2n) is 2.77. The smallest absolute Gasteiger partial charge is 0.309 e. The van der Waals surface area contributed by atoms with Gasteiger partial charge in [0.15, 0.2) is 0 Å². The molecule has 1 aromatic rings. The van der Waals surface area contributed by atoms with Gasteiger partial charge >= 0.3 is 7.60 Å². The molecule has 1 heterocycles. The molecule has 0 radical (unpaired) electrons. The van der Waals surface area contributed by atoms with Crippen LogP contribution in [0.15, 0.2) is 18.5 Å². The van der Waals surface area contributed by atoms with Crippen LogP contribution in [0.25, 0.3) is 0 Å². The summed E-state index contributed by atoms with van der Waals surface area (Å²) in [5, 5.41) is 0. The van der Waals surface area contributed by atoms with E-state index in [2.05, 4.69) is 9.97 Å². The number of hydrogen-bond donors (Lipinski definition) is 0. The lowest BCUT2D eigenvalue weighted by Crippen LogP contribution is -2.01. The highest BCUT2D eigenvalue weighted by Gasteiger charge is 2.25. The molecule has 0 aliphatic heterocycles. The molecule has 1 rings (SSSR count). The normalized spacial score (nSPS) is 11.6. The van der Waals surface area contributed by atoms with Gasteiger partial charge < -0.3 is 9.05 Å². The third kappa shape index (κ3) is 4.08. The van der Waals surface area contributed by atoms with Gasteiger partial charge in [0, 0.05) is 12.4 Å². The van der Waals surface area contributed by atoms with E-state index in [-0.39, 0.29) is 6.16 Å². The first-order valence-electron chi connectivity index (χ1n) is 4.84. The summed E-state index contributed by atoms with van der Waals surface area (Å²) in [4.78, 5) is 7.97. The highest BCUT2D eigenvalue weighted by Crippen LogP contribution is 2.50. The van der Waals surface area contributed by atoms with Crippen molar-refractivity contribution in [1.82, 2.24) is 9.97 Å². The van der Waals surface area contributed by atoms with Crippen LogP contribution in [0.3, 0.4) is 0 Å². The van der Waals surface area contributed by atoms with Crippen LogP contribution in [-0.4, -0.2) is 23.2 Å². The van der Waals surface area contributed by atoms with Gasteiger partial charge in [-0.2, -0.15) is 0 Å². The summed E-state index contributed by atoms with van der Waals surface area (Å²) in [6, 6.07) is 1.70. The lowest BCUT2D eigenvalue weighted by molar-refractivity contribution is 0.218. The highest BCUT2D eigenvalue weighted by atomic mass is 31.2. The number of hydrogen-bond acceptors (Lipinski definition) is 5. The molecule has 0 spiro atoms. The zero-order valence-electron chi connectivity index (χ0n) is 8.92. The molecule has 0 unspecified atom stereocenters. The third-order valence-corrected chi connectivity index (χ3v) is 3.58. The van der Waals surface area contributed by atoms with E-state index < -0.39 is 7.60 Å². The molecule has 0 aromatic carbocycles. The molecule has 0 aliphatic rings. The molecule has 1 aromatic heterocycles. The van der Waals surface area contributed by atoms with Crippen LogP contribution < -0.4 is 0 Å². The molecule has 0 N–H and O–H groups in total. The van der Waals surface area contributed by atoms with Crippen molar-refractivity contribution in [1.29, 1.82) is 0 Å². The van der Waals surface area contributed by atoms with E-state index in [1.165, 1.54) is 0 Å². The maximum atomic E-state index is 12.1. The fraction of sp³-hybridized carbons (Fsp3) is 0.556. The Morgan fingerprint density at radius 1 is 1.20 bits per heavy atom. The van der Waals surface area contributed by atoms with Crippen molar-refractivity contribution < 1.29 is 13.6 Å². The van der Waals surface area contributed by atoms with Gasteiger partial charge in [-0.3, -0.25) is 4.57 Å². The van der Waals surface area contributed by atoms with Gasteiger partial charge in [0.1, 0.15) is 12.0 Å². The summed E-state index contributed by atoms with van der Waals surface area (Å²) < 4.78 is 22.3. The zero-order chi connectivity index (χ0) is 11.1. The van der Waals surface area contributed by atoms with E-state index in [9.17, 15) is 4.57 Å². The maximum absolute atomic E-state index is 12.1. The standard InChI is InChI=1S/C9H15N2O3P/c1-3-13-15(12,14-4-2)8-9-10-6-5-7-11-9/h5-7H,3-4,8H2,1-2H3. The molecular weight excluding hydrogens is 215 g/mol. The first kappa shape index (κ1) is 12.3. The molecule has 0 saturated carbocycles. The van der Waals surface area contributed by atoms with E-state index in [4.69, 9.17) is 9.05 Å². The van der Waals surface area contributed by atoms with E-state index in [0.29, 0.717) is 19.0 Å². The minimum atomic E-state index is -3.07. The lowest BCUT2D eigenvalue weighted by atomic mass is 10.6. The quantitative estimate of drug-likeness (QED) is 0.701. The molecule has 84 valence electrons. The SMILES string of the molecule is CCOP(=O)(Cc1ncccn1)OCC. The summed E-state index contributed by atoms with van der Waals surface area (Å²) in [5.41, 5.74) is 0. The Morgan fingerprint density at radius 2 is 1.73 bits per heavy atom. The molecule has 6 heteroatoms. The highest BCUT2D eigenvalue weighted by molar-refractivity contribution is 7.53. The Balaban J connectivity index is 2.71. The van der Waals surface area contributed by atoms with Crippen LogP contribution in [0.4, 0.5) is 0 Å². The molecule has 0 fully saturated rings. The largest absolute Gasteiger partial charge is 0.338 e. The van der Waals surface area contributed by atoms with Crippen LogP contribution in [0.2, 0.25) is 0 Å². The Bertz CT molecular complexity index is 321. The summed E-state index contributed by atoms with van der Waals surface area (Å²) >= 11 is 0. The molecular formula is C9H15N2O3P. The zero-order valence-corrected chi connectivity index (χ0v) is 9.81. The molecule has 0 saturated heterocycles. The average molecular weight is 230 g/mol. The molecule has 15 heavy (non-hydrogen) atoms. The summed E-state index contributed by atoms with van der Waals surface area (Å²) in [6.45, 7) is 4.25. The fourth-order valence-electron chi connectivity index (χ4n) is 1.11. The van der Waals surface area contributed by atoms with E-state index in [1.54, 1.807) is 32.3 Å². The first-order chi connectivity index (χ1) is 7.20. The molecule has 5 nitrogen and oxygen atoms in total. The van der Waals surface area contributed by atoms with Gasteiger partial charge in [0.2, 0.25) is 0 Å². The van der Waals surface area contributed by atoms with Crippen LogP contribution in [0.5, 0.6) is 0 Å². The van der Waals surface area contributed by atoms with Gasteiger partial charge in [0.25, 0.3) is 0 Å². The van der Waals surface area contributed by atoms with Crippen LogP contribution >= 0.6 is 7.60 Å². The van der Waals surface area contributed by atoms with Crippen molar-refractivity contribution in [2.75, 3.05) is 13.2 Å². The Kier molecular flexibility index (Phi) is 4.88. The summed E-state index contributed by atoms with van der Waals surface area (Å²) in [7, 11) is -3.07. The second-order valence-corrected chi connectivity index (χ2v) is 4.82. The van der Waals surface area contributed by atoms with Crippen molar-refractivity contribution in [2.45, 2.75) is 20.0 Å². The van der Waals surface area contributed by atoms with Crippen LogP contribution in [-0.2, 0) is 19.8 Å². The lowest BCUT2D eigenvalue weighted by Gasteiger charge is -2.15.